The SMILES string of the molecule is CCCNc1cc(NC(C)C2CC2)nc(C2CC2)n1. The predicted molar refractivity (Wildman–Crippen MR) is 78.6 cm³/mol. The molecule has 0 saturated heterocycles. The fourth-order valence-corrected chi connectivity index (χ4v) is 2.35. The lowest BCUT2D eigenvalue weighted by Gasteiger charge is -2.15. The van der Waals surface area contributed by atoms with Gasteiger partial charge in [0.25, 0.3) is 0 Å². The highest BCUT2D eigenvalue weighted by Gasteiger charge is 2.30. The molecule has 0 bridgehead atoms. The van der Waals surface area contributed by atoms with Gasteiger partial charge in [-0.15, -0.1) is 0 Å². The second kappa shape index (κ2) is 5.35. The Kier molecular flexibility index (Phi) is 3.58. The van der Waals surface area contributed by atoms with Gasteiger partial charge in [-0.25, -0.2) is 9.97 Å². The fourth-order valence-electron chi connectivity index (χ4n) is 2.35. The van der Waals surface area contributed by atoms with Gasteiger partial charge in [0, 0.05) is 24.6 Å². The van der Waals surface area contributed by atoms with Crippen LogP contribution in [0.15, 0.2) is 6.07 Å². The molecule has 104 valence electrons. The summed E-state index contributed by atoms with van der Waals surface area (Å²) in [5.74, 6) is 4.43. The Bertz CT molecular complexity index is 438. The minimum Gasteiger partial charge on any atom is -0.370 e. The van der Waals surface area contributed by atoms with Gasteiger partial charge in [0.2, 0.25) is 0 Å². The number of nitrogens with zero attached hydrogens (tertiary/aromatic N) is 2. The molecular formula is C15H24N4. The number of aromatic nitrogens is 2. The van der Waals surface area contributed by atoms with Crippen LogP contribution in [-0.2, 0) is 0 Å². The van der Waals surface area contributed by atoms with Crippen molar-refractivity contribution in [2.45, 2.75) is 57.9 Å². The Hall–Kier alpha value is -1.32. The third kappa shape index (κ3) is 3.37. The van der Waals surface area contributed by atoms with Crippen LogP contribution in [0.25, 0.3) is 0 Å². The van der Waals surface area contributed by atoms with E-state index in [0.29, 0.717) is 12.0 Å². The molecule has 1 heterocycles. The average Bonchev–Trinajstić information content (AvgIpc) is 3.29. The molecule has 0 amide bonds. The Labute approximate surface area is 115 Å². The summed E-state index contributed by atoms with van der Waals surface area (Å²) in [6, 6.07) is 2.58. The molecule has 0 radical (unpaired) electrons. The van der Waals surface area contributed by atoms with Gasteiger partial charge in [-0.3, -0.25) is 0 Å². The minimum absolute atomic E-state index is 0.529. The van der Waals surface area contributed by atoms with Gasteiger partial charge < -0.3 is 10.6 Å². The first-order valence-corrected chi connectivity index (χ1v) is 7.65. The summed E-state index contributed by atoms with van der Waals surface area (Å²) in [6.07, 6.45) is 6.32. The molecule has 0 aromatic carbocycles. The number of hydrogen-bond acceptors (Lipinski definition) is 4. The molecule has 2 aliphatic carbocycles. The normalized spacial score (nSPS) is 20.1. The number of rotatable bonds is 7. The molecular weight excluding hydrogens is 236 g/mol. The van der Waals surface area contributed by atoms with E-state index in [-0.39, 0.29) is 0 Å². The largest absolute Gasteiger partial charge is 0.370 e. The van der Waals surface area contributed by atoms with Gasteiger partial charge in [0.05, 0.1) is 0 Å². The molecule has 2 N–H and O–H groups in total. The summed E-state index contributed by atoms with van der Waals surface area (Å²) >= 11 is 0. The molecule has 1 atom stereocenters. The van der Waals surface area contributed by atoms with Crippen molar-refractivity contribution in [3.63, 3.8) is 0 Å². The van der Waals surface area contributed by atoms with Crippen molar-refractivity contribution < 1.29 is 0 Å². The molecule has 2 aliphatic rings. The molecule has 3 rings (SSSR count). The summed E-state index contributed by atoms with van der Waals surface area (Å²) < 4.78 is 0. The second-order valence-electron chi connectivity index (χ2n) is 5.97. The first-order valence-electron chi connectivity index (χ1n) is 7.65. The Morgan fingerprint density at radius 1 is 1.21 bits per heavy atom. The number of nitrogens with one attached hydrogen (secondary N) is 2. The summed E-state index contributed by atoms with van der Waals surface area (Å²) in [4.78, 5) is 9.33. The second-order valence-corrected chi connectivity index (χ2v) is 5.97. The maximum atomic E-state index is 4.69. The molecule has 2 fully saturated rings. The van der Waals surface area contributed by atoms with Crippen LogP contribution in [0.4, 0.5) is 11.6 Å². The van der Waals surface area contributed by atoms with E-state index in [4.69, 9.17) is 4.98 Å². The van der Waals surface area contributed by atoms with Gasteiger partial charge in [0.15, 0.2) is 0 Å². The lowest BCUT2D eigenvalue weighted by molar-refractivity contribution is 0.688. The summed E-state index contributed by atoms with van der Waals surface area (Å²) in [5, 5.41) is 6.94. The Morgan fingerprint density at radius 2 is 1.95 bits per heavy atom. The maximum Gasteiger partial charge on any atom is 0.136 e. The molecule has 1 unspecified atom stereocenters. The van der Waals surface area contributed by atoms with Gasteiger partial charge in [-0.05, 0) is 44.9 Å². The zero-order valence-corrected chi connectivity index (χ0v) is 11.9. The van der Waals surface area contributed by atoms with Crippen LogP contribution in [0.2, 0.25) is 0 Å². The maximum absolute atomic E-state index is 4.69. The lowest BCUT2D eigenvalue weighted by atomic mass is 10.2. The highest BCUT2D eigenvalue weighted by atomic mass is 15.1. The third-order valence-corrected chi connectivity index (χ3v) is 3.95. The third-order valence-electron chi connectivity index (χ3n) is 3.95. The first kappa shape index (κ1) is 12.7. The van der Waals surface area contributed by atoms with E-state index in [0.717, 1.165) is 36.3 Å². The van der Waals surface area contributed by atoms with E-state index in [1.165, 1.54) is 25.7 Å². The first-order chi connectivity index (χ1) is 9.26. The molecule has 0 aliphatic heterocycles. The van der Waals surface area contributed by atoms with Crippen LogP contribution in [0.5, 0.6) is 0 Å². The standard InChI is InChI=1S/C15H24N4/c1-3-8-16-13-9-14(17-10(2)11-4-5-11)19-15(18-13)12-6-7-12/h9-12H,3-8H2,1-2H3,(H2,16,17,18,19). The molecule has 19 heavy (non-hydrogen) atoms. The lowest BCUT2D eigenvalue weighted by Crippen LogP contribution is -2.19. The molecule has 1 aromatic rings. The molecule has 4 heteroatoms. The van der Waals surface area contributed by atoms with Crippen LogP contribution >= 0.6 is 0 Å². The topological polar surface area (TPSA) is 49.8 Å². The quantitative estimate of drug-likeness (QED) is 0.789. The Balaban J connectivity index is 1.74. The minimum atomic E-state index is 0.529. The van der Waals surface area contributed by atoms with Crippen molar-refractivity contribution in [1.82, 2.24) is 9.97 Å². The van der Waals surface area contributed by atoms with Crippen LogP contribution < -0.4 is 10.6 Å². The molecule has 1 aromatic heterocycles. The van der Waals surface area contributed by atoms with Crippen LogP contribution in [-0.4, -0.2) is 22.6 Å². The number of anilines is 2. The molecule has 0 spiro atoms. The highest BCUT2D eigenvalue weighted by molar-refractivity contribution is 5.48. The average molecular weight is 260 g/mol. The van der Waals surface area contributed by atoms with Crippen molar-refractivity contribution in [3.05, 3.63) is 11.9 Å². The van der Waals surface area contributed by atoms with Crippen molar-refractivity contribution in [2.75, 3.05) is 17.2 Å². The smallest absolute Gasteiger partial charge is 0.136 e. The molecule has 2 saturated carbocycles. The van der Waals surface area contributed by atoms with E-state index in [1.54, 1.807) is 0 Å². The van der Waals surface area contributed by atoms with Gasteiger partial charge >= 0.3 is 0 Å². The van der Waals surface area contributed by atoms with E-state index in [2.05, 4.69) is 35.5 Å². The predicted octanol–water partition coefficient (Wildman–Crippen LogP) is 3.39. The highest BCUT2D eigenvalue weighted by Crippen LogP contribution is 2.39. The van der Waals surface area contributed by atoms with E-state index >= 15 is 0 Å². The zero-order chi connectivity index (χ0) is 13.2. The summed E-state index contributed by atoms with van der Waals surface area (Å²) in [5.41, 5.74) is 0. The monoisotopic (exact) mass is 260 g/mol. The molecule has 4 nitrogen and oxygen atoms in total. The van der Waals surface area contributed by atoms with Crippen molar-refractivity contribution in [3.8, 4) is 0 Å². The fraction of sp³-hybridized carbons (Fsp3) is 0.733. The summed E-state index contributed by atoms with van der Waals surface area (Å²) in [7, 11) is 0. The van der Waals surface area contributed by atoms with E-state index in [9.17, 15) is 0 Å². The van der Waals surface area contributed by atoms with Crippen LogP contribution in [0.1, 0.15) is 57.7 Å². The van der Waals surface area contributed by atoms with Crippen molar-refractivity contribution >= 4 is 11.6 Å². The van der Waals surface area contributed by atoms with Crippen molar-refractivity contribution in [1.29, 1.82) is 0 Å². The van der Waals surface area contributed by atoms with Crippen molar-refractivity contribution in [2.24, 2.45) is 5.92 Å². The van der Waals surface area contributed by atoms with Gasteiger partial charge in [-0.2, -0.15) is 0 Å². The zero-order valence-electron chi connectivity index (χ0n) is 11.9. The van der Waals surface area contributed by atoms with Crippen LogP contribution in [0, 0.1) is 5.92 Å². The van der Waals surface area contributed by atoms with E-state index < -0.39 is 0 Å². The Morgan fingerprint density at radius 3 is 2.58 bits per heavy atom. The van der Waals surface area contributed by atoms with Gasteiger partial charge in [-0.1, -0.05) is 6.92 Å². The summed E-state index contributed by atoms with van der Waals surface area (Å²) in [6.45, 7) is 5.40. The number of hydrogen-bond donors (Lipinski definition) is 2. The van der Waals surface area contributed by atoms with E-state index in [1.807, 2.05) is 0 Å². The van der Waals surface area contributed by atoms with Gasteiger partial charge in [0.1, 0.15) is 17.5 Å². The van der Waals surface area contributed by atoms with Crippen LogP contribution in [0.3, 0.4) is 0 Å².